The molecule has 0 aliphatic carbocycles. The van der Waals surface area contributed by atoms with Crippen molar-refractivity contribution in [1.82, 2.24) is 9.97 Å². The van der Waals surface area contributed by atoms with Crippen LogP contribution < -0.4 is 10.6 Å². The van der Waals surface area contributed by atoms with Crippen molar-refractivity contribution in [3.05, 3.63) is 83.8 Å². The average Bonchev–Trinajstić information content (AvgIpc) is 2.69. The highest BCUT2D eigenvalue weighted by Gasteiger charge is 2.30. The lowest BCUT2D eigenvalue weighted by Gasteiger charge is -2.12. The number of amides is 1. The van der Waals surface area contributed by atoms with Crippen molar-refractivity contribution >= 4 is 17.4 Å². The average molecular weight is 386 g/mol. The van der Waals surface area contributed by atoms with Crippen LogP contribution in [0.1, 0.15) is 21.5 Å². The second kappa shape index (κ2) is 8.51. The number of anilines is 2. The summed E-state index contributed by atoms with van der Waals surface area (Å²) in [7, 11) is 0. The number of alkyl halides is 3. The van der Waals surface area contributed by atoms with Crippen LogP contribution in [0, 0.1) is 0 Å². The molecule has 1 amide bonds. The molecule has 144 valence electrons. The fraction of sp³-hybridized carbons (Fsp3) is 0.150. The molecule has 2 N–H and O–H groups in total. The second-order valence-corrected chi connectivity index (χ2v) is 5.96. The monoisotopic (exact) mass is 386 g/mol. The lowest BCUT2D eigenvalue weighted by Crippen LogP contribution is -2.17. The molecule has 0 spiro atoms. The molecule has 28 heavy (non-hydrogen) atoms. The molecule has 5 nitrogen and oxygen atoms in total. The van der Waals surface area contributed by atoms with E-state index < -0.39 is 17.6 Å². The lowest BCUT2D eigenvalue weighted by molar-refractivity contribution is -0.137. The van der Waals surface area contributed by atoms with Crippen LogP contribution in [0.2, 0.25) is 0 Å². The predicted molar refractivity (Wildman–Crippen MR) is 100 cm³/mol. The molecule has 2 heterocycles. The number of nitrogens with zero attached hydrogens (tertiary/aromatic N) is 2. The van der Waals surface area contributed by atoms with Gasteiger partial charge in [0.25, 0.3) is 5.91 Å². The van der Waals surface area contributed by atoms with E-state index in [1.807, 2.05) is 12.1 Å². The Morgan fingerprint density at radius 3 is 2.54 bits per heavy atom. The number of aromatic nitrogens is 2. The Morgan fingerprint density at radius 1 is 1.00 bits per heavy atom. The van der Waals surface area contributed by atoms with E-state index in [4.69, 9.17) is 0 Å². The van der Waals surface area contributed by atoms with Gasteiger partial charge in [0.15, 0.2) is 0 Å². The van der Waals surface area contributed by atoms with Crippen LogP contribution >= 0.6 is 0 Å². The van der Waals surface area contributed by atoms with Gasteiger partial charge in [0.2, 0.25) is 0 Å². The summed E-state index contributed by atoms with van der Waals surface area (Å²) in [6.07, 6.45) is 1.16. The Morgan fingerprint density at radius 2 is 1.79 bits per heavy atom. The minimum Gasteiger partial charge on any atom is -0.369 e. The zero-order chi connectivity index (χ0) is 20.0. The molecule has 0 atom stereocenters. The molecule has 2 aromatic heterocycles. The van der Waals surface area contributed by atoms with Gasteiger partial charge < -0.3 is 10.6 Å². The maximum absolute atomic E-state index is 12.8. The SMILES string of the molecule is O=C(Nc1cccc(C(F)(F)F)c1)c1cccnc1NCCc1ccncc1. The van der Waals surface area contributed by atoms with E-state index in [2.05, 4.69) is 20.6 Å². The molecular weight excluding hydrogens is 369 g/mol. The number of carbonyl (C=O) groups is 1. The molecular formula is C20H17F3N4O. The number of pyridine rings is 2. The molecule has 3 aromatic rings. The van der Waals surface area contributed by atoms with Gasteiger partial charge >= 0.3 is 6.18 Å². The number of rotatable bonds is 6. The molecule has 0 radical (unpaired) electrons. The highest BCUT2D eigenvalue weighted by Crippen LogP contribution is 2.30. The Kier molecular flexibility index (Phi) is 5.88. The zero-order valence-corrected chi connectivity index (χ0v) is 14.7. The standard InChI is InChI=1S/C20H17F3N4O/c21-20(22,23)15-3-1-4-16(13-15)27-19(28)17-5-2-9-25-18(17)26-12-8-14-6-10-24-11-7-14/h1-7,9-11,13H,8,12H2,(H,25,26)(H,27,28). The molecule has 0 bridgehead atoms. The Labute approximate surface area is 159 Å². The van der Waals surface area contributed by atoms with Crippen molar-refractivity contribution in [1.29, 1.82) is 0 Å². The topological polar surface area (TPSA) is 66.9 Å². The Bertz CT molecular complexity index is 945. The van der Waals surface area contributed by atoms with E-state index in [1.54, 1.807) is 24.5 Å². The molecule has 0 fully saturated rings. The van der Waals surface area contributed by atoms with E-state index >= 15 is 0 Å². The largest absolute Gasteiger partial charge is 0.416 e. The van der Waals surface area contributed by atoms with E-state index in [0.29, 0.717) is 18.8 Å². The van der Waals surface area contributed by atoms with Gasteiger partial charge in [-0.2, -0.15) is 13.2 Å². The summed E-state index contributed by atoms with van der Waals surface area (Å²) >= 11 is 0. The third-order valence-electron chi connectivity index (χ3n) is 3.96. The summed E-state index contributed by atoms with van der Waals surface area (Å²) in [5.41, 5.74) is 0.557. The number of hydrogen-bond donors (Lipinski definition) is 2. The number of nitrogens with one attached hydrogen (secondary N) is 2. The minimum atomic E-state index is -4.48. The molecule has 0 aliphatic heterocycles. The van der Waals surface area contributed by atoms with Crippen LogP contribution in [0.25, 0.3) is 0 Å². The number of benzene rings is 1. The number of carbonyl (C=O) groups excluding carboxylic acids is 1. The smallest absolute Gasteiger partial charge is 0.369 e. The summed E-state index contributed by atoms with van der Waals surface area (Å²) < 4.78 is 38.5. The Hall–Kier alpha value is -3.42. The van der Waals surface area contributed by atoms with Gasteiger partial charge in [-0.1, -0.05) is 6.07 Å². The fourth-order valence-electron chi connectivity index (χ4n) is 2.58. The molecule has 0 unspecified atom stereocenters. The molecule has 8 heteroatoms. The maximum atomic E-state index is 12.8. The van der Waals surface area contributed by atoms with E-state index in [0.717, 1.165) is 17.7 Å². The summed E-state index contributed by atoms with van der Waals surface area (Å²) in [5.74, 6) is -0.181. The number of hydrogen-bond acceptors (Lipinski definition) is 4. The minimum absolute atomic E-state index is 0.0615. The van der Waals surface area contributed by atoms with Gasteiger partial charge in [-0.15, -0.1) is 0 Å². The second-order valence-electron chi connectivity index (χ2n) is 5.96. The van der Waals surface area contributed by atoms with E-state index in [1.165, 1.54) is 18.3 Å². The van der Waals surface area contributed by atoms with Crippen LogP contribution in [-0.4, -0.2) is 22.4 Å². The summed E-state index contributed by atoms with van der Waals surface area (Å²) in [5, 5.41) is 5.58. The number of halogens is 3. The molecule has 0 saturated carbocycles. The molecule has 0 saturated heterocycles. The summed E-state index contributed by atoms with van der Waals surface area (Å²) in [4.78, 5) is 20.7. The van der Waals surface area contributed by atoms with Gasteiger partial charge in [-0.05, 0) is 54.4 Å². The first kappa shape index (κ1) is 19.3. The normalized spacial score (nSPS) is 11.1. The molecule has 3 rings (SSSR count). The van der Waals surface area contributed by atoms with Crippen LogP contribution in [-0.2, 0) is 12.6 Å². The van der Waals surface area contributed by atoms with Gasteiger partial charge in [0.05, 0.1) is 11.1 Å². The summed E-state index contributed by atoms with van der Waals surface area (Å²) in [6, 6.07) is 11.4. The lowest BCUT2D eigenvalue weighted by atomic mass is 10.1. The van der Waals surface area contributed by atoms with Gasteiger partial charge in [-0.3, -0.25) is 9.78 Å². The predicted octanol–water partition coefficient (Wildman–Crippen LogP) is 4.40. The van der Waals surface area contributed by atoms with Crippen LogP contribution in [0.4, 0.5) is 24.7 Å². The summed E-state index contributed by atoms with van der Waals surface area (Å²) in [6.45, 7) is 0.533. The quantitative estimate of drug-likeness (QED) is 0.659. The van der Waals surface area contributed by atoms with Crippen LogP contribution in [0.3, 0.4) is 0 Å². The Balaban J connectivity index is 1.69. The van der Waals surface area contributed by atoms with E-state index in [-0.39, 0.29) is 11.3 Å². The van der Waals surface area contributed by atoms with Crippen molar-refractivity contribution in [3.63, 3.8) is 0 Å². The van der Waals surface area contributed by atoms with Gasteiger partial charge in [0, 0.05) is 30.8 Å². The van der Waals surface area contributed by atoms with Crippen molar-refractivity contribution in [2.24, 2.45) is 0 Å². The van der Waals surface area contributed by atoms with Crippen molar-refractivity contribution in [2.75, 3.05) is 17.2 Å². The third kappa shape index (κ3) is 5.06. The first-order valence-corrected chi connectivity index (χ1v) is 8.50. The van der Waals surface area contributed by atoms with Crippen molar-refractivity contribution < 1.29 is 18.0 Å². The van der Waals surface area contributed by atoms with Crippen molar-refractivity contribution in [3.8, 4) is 0 Å². The highest BCUT2D eigenvalue weighted by molar-refractivity contribution is 6.07. The first-order valence-electron chi connectivity index (χ1n) is 8.50. The molecule has 1 aromatic carbocycles. The van der Waals surface area contributed by atoms with Crippen LogP contribution in [0.15, 0.2) is 67.1 Å². The maximum Gasteiger partial charge on any atom is 0.416 e. The molecule has 0 aliphatic rings. The highest BCUT2D eigenvalue weighted by atomic mass is 19.4. The van der Waals surface area contributed by atoms with Gasteiger partial charge in [0.1, 0.15) is 5.82 Å². The fourth-order valence-corrected chi connectivity index (χ4v) is 2.58. The van der Waals surface area contributed by atoms with Crippen molar-refractivity contribution in [2.45, 2.75) is 12.6 Å². The van der Waals surface area contributed by atoms with Gasteiger partial charge in [-0.25, -0.2) is 4.98 Å². The van der Waals surface area contributed by atoms with Crippen LogP contribution in [0.5, 0.6) is 0 Å². The van der Waals surface area contributed by atoms with E-state index in [9.17, 15) is 18.0 Å². The zero-order valence-electron chi connectivity index (χ0n) is 14.7. The first-order chi connectivity index (χ1) is 13.4. The third-order valence-corrected chi connectivity index (χ3v) is 3.96.